The topological polar surface area (TPSA) is 141 Å². The van der Waals surface area contributed by atoms with E-state index < -0.39 is 13.4 Å². The second-order valence-electron chi connectivity index (χ2n) is 6.93. The van der Waals surface area contributed by atoms with Crippen molar-refractivity contribution in [3.63, 3.8) is 0 Å². The molecule has 0 aliphatic rings. The number of ether oxygens (including phenoxy) is 8. The van der Waals surface area contributed by atoms with E-state index in [1.807, 2.05) is 6.92 Å². The van der Waals surface area contributed by atoms with E-state index in [-0.39, 0.29) is 26.4 Å². The first kappa shape index (κ1) is 32.8. The Labute approximate surface area is 197 Å². The van der Waals surface area contributed by atoms with Gasteiger partial charge in [-0.15, -0.1) is 0 Å². The van der Waals surface area contributed by atoms with Gasteiger partial charge in [-0.05, 0) is 6.92 Å². The van der Waals surface area contributed by atoms with Crippen LogP contribution in [0.4, 0.5) is 0 Å². The van der Waals surface area contributed by atoms with E-state index in [2.05, 4.69) is 0 Å². The number of phosphoric acid groups is 1. The Morgan fingerprint density at radius 1 is 0.636 bits per heavy atom. The molecule has 0 atom stereocenters. The molecule has 2 N–H and O–H groups in total. The van der Waals surface area contributed by atoms with E-state index in [0.29, 0.717) is 78.9 Å². The quantitative estimate of drug-likeness (QED) is 0.128. The third kappa shape index (κ3) is 22.0. The first-order chi connectivity index (χ1) is 15.9. The van der Waals surface area contributed by atoms with Crippen LogP contribution in [0.2, 0.25) is 0 Å². The van der Waals surface area contributed by atoms with Gasteiger partial charge in [-0.3, -0.25) is 4.52 Å². The van der Waals surface area contributed by atoms with Gasteiger partial charge < -0.3 is 47.7 Å². The molecule has 0 bridgehead atoms. The Hall–Kier alpha value is -0.210. The maximum Gasteiger partial charge on any atom is 0.469 e. The van der Waals surface area contributed by atoms with E-state index in [1.165, 1.54) is 0 Å². The molecule has 0 rings (SSSR count). The molecule has 0 radical (unpaired) electrons. The molecular weight excluding hydrogens is 463 g/mol. The molecule has 0 saturated heterocycles. The van der Waals surface area contributed by atoms with E-state index >= 15 is 0 Å². The zero-order valence-electron chi connectivity index (χ0n) is 20.2. The number of rotatable bonds is 26. The molecule has 0 unspecified atom stereocenters. The summed E-state index contributed by atoms with van der Waals surface area (Å²) in [5.41, 5.74) is -1.02. The second-order valence-corrected chi connectivity index (χ2v) is 8.17. The molecule has 12 nitrogen and oxygen atoms in total. The predicted octanol–water partition coefficient (Wildman–Crippen LogP) is 1.03. The Morgan fingerprint density at radius 2 is 1.06 bits per heavy atom. The standard InChI is InChI=1S/C20H43O12P/c1-4-26-17-18-31-20(19-32-33(21,22)23,5-7-27-13-15-29-11-9-24-2)6-8-28-14-16-30-12-10-25-3/h4-19H2,1-3H3,(H2,21,22,23). The molecule has 0 aliphatic carbocycles. The molecule has 0 spiro atoms. The normalized spacial score (nSPS) is 12.5. The Balaban J connectivity index is 4.70. The fraction of sp³-hybridized carbons (Fsp3) is 1.00. The number of phosphoric ester groups is 1. The maximum atomic E-state index is 11.3. The Kier molecular flexibility index (Phi) is 22.1. The summed E-state index contributed by atoms with van der Waals surface area (Å²) in [5, 5.41) is 0. The average molecular weight is 507 g/mol. The van der Waals surface area contributed by atoms with Crippen molar-refractivity contribution in [2.24, 2.45) is 0 Å². The minimum atomic E-state index is -4.68. The summed E-state index contributed by atoms with van der Waals surface area (Å²) in [4.78, 5) is 18.4. The summed E-state index contributed by atoms with van der Waals surface area (Å²) in [6, 6.07) is 0. The van der Waals surface area contributed by atoms with Gasteiger partial charge in [0.2, 0.25) is 0 Å². The van der Waals surface area contributed by atoms with Crippen molar-refractivity contribution in [1.82, 2.24) is 0 Å². The van der Waals surface area contributed by atoms with E-state index in [4.69, 9.17) is 42.4 Å². The smallest absolute Gasteiger partial charge is 0.382 e. The molecule has 0 aromatic carbocycles. The summed E-state index contributed by atoms with van der Waals surface area (Å²) in [6.45, 7) is 6.77. The van der Waals surface area contributed by atoms with Crippen molar-refractivity contribution in [1.29, 1.82) is 0 Å². The van der Waals surface area contributed by atoms with Gasteiger partial charge in [-0.1, -0.05) is 0 Å². The molecule has 13 heteroatoms. The van der Waals surface area contributed by atoms with Crippen molar-refractivity contribution < 1.29 is 56.8 Å². The van der Waals surface area contributed by atoms with Crippen molar-refractivity contribution in [2.75, 3.05) is 107 Å². The molecule has 0 fully saturated rings. The second kappa shape index (κ2) is 22.3. The van der Waals surface area contributed by atoms with Gasteiger partial charge >= 0.3 is 7.82 Å². The Bertz CT molecular complexity index is 442. The molecule has 200 valence electrons. The van der Waals surface area contributed by atoms with Crippen LogP contribution in [0.1, 0.15) is 19.8 Å². The summed E-state index contributed by atoms with van der Waals surface area (Å²) in [6.07, 6.45) is 0.676. The SMILES string of the molecule is CCOCCOC(CCOCCOCCOC)(CCOCCOCCOC)COP(=O)(O)O. The van der Waals surface area contributed by atoms with Gasteiger partial charge in [0, 0.05) is 46.9 Å². The highest BCUT2D eigenvalue weighted by molar-refractivity contribution is 7.46. The van der Waals surface area contributed by atoms with E-state index in [1.54, 1.807) is 14.2 Å². The number of methoxy groups -OCH3 is 2. The fourth-order valence-electron chi connectivity index (χ4n) is 2.56. The van der Waals surface area contributed by atoms with Crippen molar-refractivity contribution in [2.45, 2.75) is 25.4 Å². The lowest BCUT2D eigenvalue weighted by atomic mass is 9.97. The minimum absolute atomic E-state index is 0.235. The molecule has 0 heterocycles. The van der Waals surface area contributed by atoms with Crippen LogP contribution in [0.3, 0.4) is 0 Å². The van der Waals surface area contributed by atoms with Crippen LogP contribution < -0.4 is 0 Å². The van der Waals surface area contributed by atoms with Crippen LogP contribution in [0.25, 0.3) is 0 Å². The lowest BCUT2D eigenvalue weighted by molar-refractivity contribution is -0.121. The molecular formula is C20H43O12P. The third-order valence-electron chi connectivity index (χ3n) is 4.35. The number of hydrogen-bond acceptors (Lipinski definition) is 10. The van der Waals surface area contributed by atoms with Gasteiger partial charge in [0.05, 0.1) is 78.3 Å². The first-order valence-corrected chi connectivity index (χ1v) is 12.6. The van der Waals surface area contributed by atoms with Crippen molar-refractivity contribution >= 4 is 7.82 Å². The highest BCUT2D eigenvalue weighted by atomic mass is 31.2. The fourth-order valence-corrected chi connectivity index (χ4v) is 2.97. The van der Waals surface area contributed by atoms with E-state index in [9.17, 15) is 14.4 Å². The zero-order chi connectivity index (χ0) is 24.7. The van der Waals surface area contributed by atoms with Gasteiger partial charge in [0.15, 0.2) is 0 Å². The van der Waals surface area contributed by atoms with Crippen LogP contribution in [0, 0.1) is 0 Å². The zero-order valence-corrected chi connectivity index (χ0v) is 21.1. The van der Waals surface area contributed by atoms with Gasteiger partial charge in [0.1, 0.15) is 0 Å². The highest BCUT2D eigenvalue weighted by Gasteiger charge is 2.34. The van der Waals surface area contributed by atoms with Crippen LogP contribution in [-0.4, -0.2) is 122 Å². The average Bonchev–Trinajstić information content (AvgIpc) is 2.78. The van der Waals surface area contributed by atoms with Crippen LogP contribution in [0.5, 0.6) is 0 Å². The van der Waals surface area contributed by atoms with Gasteiger partial charge in [-0.2, -0.15) is 0 Å². The monoisotopic (exact) mass is 506 g/mol. The predicted molar refractivity (Wildman–Crippen MR) is 119 cm³/mol. The maximum absolute atomic E-state index is 11.3. The molecule has 0 aliphatic heterocycles. The Morgan fingerprint density at radius 3 is 1.48 bits per heavy atom. The lowest BCUT2D eigenvalue weighted by Crippen LogP contribution is -2.41. The van der Waals surface area contributed by atoms with Crippen molar-refractivity contribution in [3.05, 3.63) is 0 Å². The third-order valence-corrected chi connectivity index (χ3v) is 4.81. The van der Waals surface area contributed by atoms with Crippen LogP contribution in [-0.2, 0) is 47.0 Å². The molecule has 0 aromatic rings. The minimum Gasteiger partial charge on any atom is -0.382 e. The first-order valence-electron chi connectivity index (χ1n) is 11.1. The summed E-state index contributed by atoms with van der Waals surface area (Å²) in [7, 11) is -1.48. The van der Waals surface area contributed by atoms with Gasteiger partial charge in [0.25, 0.3) is 0 Å². The number of hydrogen-bond donors (Lipinski definition) is 2. The summed E-state index contributed by atoms with van der Waals surface area (Å²) >= 11 is 0. The molecule has 0 aromatic heterocycles. The summed E-state index contributed by atoms with van der Waals surface area (Å²) in [5.74, 6) is 0. The van der Waals surface area contributed by atoms with Gasteiger partial charge in [-0.25, -0.2) is 4.57 Å². The highest BCUT2D eigenvalue weighted by Crippen LogP contribution is 2.38. The largest absolute Gasteiger partial charge is 0.469 e. The van der Waals surface area contributed by atoms with Crippen LogP contribution >= 0.6 is 7.82 Å². The lowest BCUT2D eigenvalue weighted by Gasteiger charge is -2.34. The molecule has 0 amide bonds. The van der Waals surface area contributed by atoms with Crippen molar-refractivity contribution in [3.8, 4) is 0 Å². The van der Waals surface area contributed by atoms with Crippen LogP contribution in [0.15, 0.2) is 0 Å². The molecule has 33 heavy (non-hydrogen) atoms. The van der Waals surface area contributed by atoms with E-state index in [0.717, 1.165) is 0 Å². The summed E-state index contributed by atoms with van der Waals surface area (Å²) < 4.78 is 59.2. The molecule has 0 saturated carbocycles.